The maximum atomic E-state index is 6.29. The van der Waals surface area contributed by atoms with Gasteiger partial charge in [0, 0.05) is 16.8 Å². The fourth-order valence-corrected chi connectivity index (χ4v) is 2.76. The van der Waals surface area contributed by atoms with Gasteiger partial charge in [-0.05, 0) is 36.3 Å². The number of anilines is 1. The number of pyridine rings is 1. The fraction of sp³-hybridized carbons (Fsp3) is 0.400. The molecule has 0 amide bonds. The summed E-state index contributed by atoms with van der Waals surface area (Å²) in [5.74, 6) is 0. The van der Waals surface area contributed by atoms with Gasteiger partial charge in [0.05, 0.1) is 5.52 Å². The van der Waals surface area contributed by atoms with E-state index in [1.165, 1.54) is 17.7 Å². The highest BCUT2D eigenvalue weighted by atomic mass is 14.7. The Labute approximate surface area is 102 Å². The smallest absolute Gasteiger partial charge is 0.0726 e. The molecule has 0 bridgehead atoms. The average molecular weight is 226 g/mol. The first-order chi connectivity index (χ1) is 8.07. The lowest BCUT2D eigenvalue weighted by molar-refractivity contribution is 0.312. The lowest BCUT2D eigenvalue weighted by Crippen LogP contribution is -2.24. The van der Waals surface area contributed by atoms with Crippen LogP contribution in [-0.2, 0) is 12.8 Å². The predicted octanol–water partition coefficient (Wildman–Crippen LogP) is 3.33. The van der Waals surface area contributed by atoms with Crippen LogP contribution in [-0.4, -0.2) is 4.98 Å². The second-order valence-electron chi connectivity index (χ2n) is 5.81. The van der Waals surface area contributed by atoms with Crippen LogP contribution in [0.1, 0.15) is 31.5 Å². The van der Waals surface area contributed by atoms with Gasteiger partial charge in [0.1, 0.15) is 0 Å². The molecule has 2 aromatic rings. The number of fused-ring (bicyclic) bond motifs is 2. The summed E-state index contributed by atoms with van der Waals surface area (Å²) in [7, 11) is 0. The Morgan fingerprint density at radius 1 is 1.24 bits per heavy atom. The topological polar surface area (TPSA) is 38.9 Å². The van der Waals surface area contributed by atoms with Gasteiger partial charge in [-0.25, -0.2) is 0 Å². The van der Waals surface area contributed by atoms with Crippen LogP contribution in [0.25, 0.3) is 10.9 Å². The molecule has 0 saturated heterocycles. The number of aromatic nitrogens is 1. The molecule has 0 saturated carbocycles. The lowest BCUT2D eigenvalue weighted by Gasteiger charge is -2.31. The normalized spacial score (nSPS) is 18.0. The van der Waals surface area contributed by atoms with Gasteiger partial charge in [-0.15, -0.1) is 0 Å². The molecule has 0 unspecified atom stereocenters. The van der Waals surface area contributed by atoms with Crippen molar-refractivity contribution in [3.63, 3.8) is 0 Å². The van der Waals surface area contributed by atoms with Crippen molar-refractivity contribution in [1.82, 2.24) is 4.98 Å². The monoisotopic (exact) mass is 226 g/mol. The van der Waals surface area contributed by atoms with Gasteiger partial charge in [-0.3, -0.25) is 4.98 Å². The summed E-state index contributed by atoms with van der Waals surface area (Å²) < 4.78 is 0. The largest absolute Gasteiger partial charge is 0.398 e. The van der Waals surface area contributed by atoms with Crippen molar-refractivity contribution >= 4 is 16.6 Å². The van der Waals surface area contributed by atoms with E-state index in [1.807, 2.05) is 18.2 Å². The summed E-state index contributed by atoms with van der Waals surface area (Å²) in [6.45, 7) is 4.62. The Kier molecular flexibility index (Phi) is 2.15. The average Bonchev–Trinajstić information content (AvgIpc) is 2.27. The zero-order valence-electron chi connectivity index (χ0n) is 10.5. The van der Waals surface area contributed by atoms with Crippen LogP contribution in [0.15, 0.2) is 24.3 Å². The van der Waals surface area contributed by atoms with Gasteiger partial charge < -0.3 is 5.73 Å². The molecule has 88 valence electrons. The van der Waals surface area contributed by atoms with E-state index in [9.17, 15) is 0 Å². The first-order valence-corrected chi connectivity index (χ1v) is 6.23. The third-order valence-corrected chi connectivity index (χ3v) is 3.82. The van der Waals surface area contributed by atoms with E-state index in [0.29, 0.717) is 5.41 Å². The standard InChI is InChI=1S/C15H18N2/c1-15(2)8-7-11-13(9-15)17-12-6-4-3-5-10(12)14(11)16/h3-6H,7-9H2,1-2H3,(H2,16,17). The molecule has 0 spiro atoms. The van der Waals surface area contributed by atoms with Crippen LogP contribution < -0.4 is 5.73 Å². The van der Waals surface area contributed by atoms with E-state index in [0.717, 1.165) is 29.4 Å². The number of hydrogen-bond donors (Lipinski definition) is 1. The van der Waals surface area contributed by atoms with Gasteiger partial charge >= 0.3 is 0 Å². The van der Waals surface area contributed by atoms with Gasteiger partial charge in [-0.1, -0.05) is 32.0 Å². The Hall–Kier alpha value is -1.57. The molecule has 1 aliphatic carbocycles. The van der Waals surface area contributed by atoms with Crippen molar-refractivity contribution in [3.05, 3.63) is 35.5 Å². The van der Waals surface area contributed by atoms with Gasteiger partial charge in [0.25, 0.3) is 0 Å². The maximum absolute atomic E-state index is 6.29. The first kappa shape index (κ1) is 10.6. The summed E-state index contributed by atoms with van der Waals surface area (Å²) >= 11 is 0. The molecule has 3 rings (SSSR count). The highest BCUT2D eigenvalue weighted by Gasteiger charge is 2.28. The van der Waals surface area contributed by atoms with Crippen molar-refractivity contribution in [2.45, 2.75) is 33.1 Å². The minimum absolute atomic E-state index is 0.356. The van der Waals surface area contributed by atoms with Crippen molar-refractivity contribution in [2.24, 2.45) is 5.41 Å². The molecule has 1 aliphatic rings. The molecular formula is C15H18N2. The molecule has 2 heteroatoms. The molecule has 1 aromatic carbocycles. The molecule has 17 heavy (non-hydrogen) atoms. The van der Waals surface area contributed by atoms with Crippen molar-refractivity contribution in [2.75, 3.05) is 5.73 Å². The molecule has 2 N–H and O–H groups in total. The Morgan fingerprint density at radius 2 is 2.00 bits per heavy atom. The van der Waals surface area contributed by atoms with E-state index >= 15 is 0 Å². The number of benzene rings is 1. The lowest BCUT2D eigenvalue weighted by atomic mass is 9.75. The molecule has 1 heterocycles. The zero-order valence-corrected chi connectivity index (χ0v) is 10.5. The predicted molar refractivity (Wildman–Crippen MR) is 72.0 cm³/mol. The van der Waals surface area contributed by atoms with E-state index in [1.54, 1.807) is 0 Å². The van der Waals surface area contributed by atoms with Crippen LogP contribution in [0.2, 0.25) is 0 Å². The van der Waals surface area contributed by atoms with E-state index < -0.39 is 0 Å². The highest BCUT2D eigenvalue weighted by Crippen LogP contribution is 2.38. The summed E-state index contributed by atoms with van der Waals surface area (Å²) in [6.07, 6.45) is 3.30. The first-order valence-electron chi connectivity index (χ1n) is 6.23. The summed E-state index contributed by atoms with van der Waals surface area (Å²) in [6, 6.07) is 8.17. The van der Waals surface area contributed by atoms with Crippen LogP contribution >= 0.6 is 0 Å². The number of nitrogens with zero attached hydrogens (tertiary/aromatic N) is 1. The Bertz CT molecular complexity index is 585. The number of hydrogen-bond acceptors (Lipinski definition) is 2. The van der Waals surface area contributed by atoms with Crippen LogP contribution in [0.5, 0.6) is 0 Å². The summed E-state index contributed by atoms with van der Waals surface area (Å²) in [5, 5.41) is 1.10. The molecule has 2 nitrogen and oxygen atoms in total. The number of rotatable bonds is 0. The molecule has 0 radical (unpaired) electrons. The third-order valence-electron chi connectivity index (χ3n) is 3.82. The van der Waals surface area contributed by atoms with Gasteiger partial charge in [0.15, 0.2) is 0 Å². The SMILES string of the molecule is CC1(C)CCc2c(nc3ccccc3c2N)C1. The van der Waals surface area contributed by atoms with Gasteiger partial charge in [0.2, 0.25) is 0 Å². The minimum atomic E-state index is 0.356. The molecule has 0 aliphatic heterocycles. The molecule has 1 aromatic heterocycles. The van der Waals surface area contributed by atoms with E-state index in [4.69, 9.17) is 10.7 Å². The second kappa shape index (κ2) is 3.46. The minimum Gasteiger partial charge on any atom is -0.398 e. The Morgan fingerprint density at radius 3 is 2.82 bits per heavy atom. The van der Waals surface area contributed by atoms with Crippen molar-refractivity contribution in [1.29, 1.82) is 0 Å². The van der Waals surface area contributed by atoms with Crippen LogP contribution in [0, 0.1) is 5.41 Å². The van der Waals surface area contributed by atoms with Crippen LogP contribution in [0.4, 0.5) is 5.69 Å². The Balaban J connectivity index is 2.26. The molecule has 0 fully saturated rings. The summed E-state index contributed by atoms with van der Waals surface area (Å²) in [5.41, 5.74) is 11.1. The molecular weight excluding hydrogens is 208 g/mol. The highest BCUT2D eigenvalue weighted by molar-refractivity contribution is 5.92. The van der Waals surface area contributed by atoms with Gasteiger partial charge in [-0.2, -0.15) is 0 Å². The quantitative estimate of drug-likeness (QED) is 0.748. The maximum Gasteiger partial charge on any atom is 0.0726 e. The van der Waals surface area contributed by atoms with E-state index in [2.05, 4.69) is 19.9 Å². The van der Waals surface area contributed by atoms with Crippen LogP contribution in [0.3, 0.4) is 0 Å². The van der Waals surface area contributed by atoms with Crippen molar-refractivity contribution in [3.8, 4) is 0 Å². The third kappa shape index (κ3) is 1.68. The number of nitrogens with two attached hydrogens (primary N) is 1. The zero-order chi connectivity index (χ0) is 12.0. The second-order valence-corrected chi connectivity index (χ2v) is 5.81. The fourth-order valence-electron chi connectivity index (χ4n) is 2.76. The number of para-hydroxylation sites is 1. The van der Waals surface area contributed by atoms with E-state index in [-0.39, 0.29) is 0 Å². The number of nitrogen functional groups attached to an aromatic ring is 1. The summed E-state index contributed by atoms with van der Waals surface area (Å²) in [4.78, 5) is 4.79. The molecule has 0 atom stereocenters. The van der Waals surface area contributed by atoms with Crippen molar-refractivity contribution < 1.29 is 0 Å².